The number of thiophene rings is 1. The first-order valence-corrected chi connectivity index (χ1v) is 18.3. The summed E-state index contributed by atoms with van der Waals surface area (Å²) in [6.45, 7) is 0. The third-order valence-electron chi connectivity index (χ3n) is 10.5. The lowest BCUT2D eigenvalue weighted by atomic mass is 9.99. The Labute approximate surface area is 305 Å². The normalized spacial score (nSPS) is 12.2. The minimum absolute atomic E-state index is 0.646. The molecule has 12 aromatic rings. The Morgan fingerprint density at radius 3 is 2.19 bits per heavy atom. The molecule has 0 unspecified atom stereocenters. The van der Waals surface area contributed by atoms with E-state index in [0.717, 1.165) is 61.1 Å². The third-order valence-corrected chi connectivity index (χ3v) is 11.7. The molecule has 0 spiro atoms. The first-order chi connectivity index (χ1) is 26.3. The molecule has 0 saturated carbocycles. The van der Waals surface area contributed by atoms with E-state index in [-0.39, 0.29) is 0 Å². The molecule has 0 amide bonds. The van der Waals surface area contributed by atoms with Crippen molar-refractivity contribution in [2.75, 3.05) is 0 Å². The van der Waals surface area contributed by atoms with Crippen LogP contribution in [0.1, 0.15) is 0 Å². The largest absolute Gasteiger partial charge is 0.278 e. The number of pyridine rings is 3. The molecule has 7 heterocycles. The SMILES string of the molecule is c1ccc(-c2ccnc(-n3c4ccccc4c4c5ccccc5c5sc6cc7c(cc6c5c43)c3cccnc3n7-c3ccc4ncccc4n3)n2)cc1. The lowest BCUT2D eigenvalue weighted by Gasteiger charge is -2.10. The first kappa shape index (κ1) is 28.6. The van der Waals surface area contributed by atoms with Crippen LogP contribution in [0.15, 0.2) is 152 Å². The molecular formula is C45H25N7S. The smallest absolute Gasteiger partial charge is 0.235 e. The predicted octanol–water partition coefficient (Wildman–Crippen LogP) is 11.2. The predicted molar refractivity (Wildman–Crippen MR) is 217 cm³/mol. The first-order valence-electron chi connectivity index (χ1n) is 17.5. The van der Waals surface area contributed by atoms with E-state index in [4.69, 9.17) is 19.9 Å². The van der Waals surface area contributed by atoms with E-state index in [0.29, 0.717) is 5.95 Å². The van der Waals surface area contributed by atoms with Gasteiger partial charge in [0.2, 0.25) is 5.95 Å². The summed E-state index contributed by atoms with van der Waals surface area (Å²) in [5.41, 5.74) is 7.77. The lowest BCUT2D eigenvalue weighted by molar-refractivity contribution is 0.995. The quantitative estimate of drug-likeness (QED) is 0.184. The number of para-hydroxylation sites is 1. The summed E-state index contributed by atoms with van der Waals surface area (Å²) < 4.78 is 6.89. The molecule has 0 saturated heterocycles. The molecular weight excluding hydrogens is 671 g/mol. The van der Waals surface area contributed by atoms with Gasteiger partial charge in [0.25, 0.3) is 0 Å². The van der Waals surface area contributed by atoms with E-state index in [2.05, 4.69) is 93.0 Å². The molecule has 246 valence electrons. The van der Waals surface area contributed by atoms with E-state index in [1.807, 2.05) is 78.3 Å². The number of fused-ring (bicyclic) bond motifs is 14. The molecule has 0 fully saturated rings. The van der Waals surface area contributed by atoms with Crippen LogP contribution in [0, 0.1) is 0 Å². The topological polar surface area (TPSA) is 74.3 Å². The van der Waals surface area contributed by atoms with E-state index in [1.54, 1.807) is 6.20 Å². The second-order valence-corrected chi connectivity index (χ2v) is 14.4. The van der Waals surface area contributed by atoms with Crippen LogP contribution in [-0.4, -0.2) is 34.1 Å². The highest BCUT2D eigenvalue weighted by atomic mass is 32.1. The summed E-state index contributed by atoms with van der Waals surface area (Å²) in [7, 11) is 0. The summed E-state index contributed by atoms with van der Waals surface area (Å²) in [4.78, 5) is 24.6. The molecule has 5 aromatic carbocycles. The zero-order valence-electron chi connectivity index (χ0n) is 28.0. The molecule has 0 atom stereocenters. The second-order valence-electron chi connectivity index (χ2n) is 13.3. The maximum absolute atomic E-state index is 5.22. The Kier molecular flexibility index (Phi) is 5.80. The fraction of sp³-hybridized carbons (Fsp3) is 0. The van der Waals surface area contributed by atoms with Gasteiger partial charge in [-0.05, 0) is 66.0 Å². The van der Waals surface area contributed by atoms with Crippen LogP contribution in [0.25, 0.3) is 109 Å². The zero-order valence-corrected chi connectivity index (χ0v) is 28.8. The number of aromatic nitrogens is 7. The van der Waals surface area contributed by atoms with Crippen molar-refractivity contribution in [3.63, 3.8) is 0 Å². The number of hydrogen-bond donors (Lipinski definition) is 0. The average molecular weight is 696 g/mol. The van der Waals surface area contributed by atoms with Crippen LogP contribution in [0.4, 0.5) is 0 Å². The van der Waals surface area contributed by atoms with E-state index in [9.17, 15) is 0 Å². The second kappa shape index (κ2) is 10.7. The highest BCUT2D eigenvalue weighted by Crippen LogP contribution is 2.49. The van der Waals surface area contributed by atoms with Gasteiger partial charge < -0.3 is 0 Å². The fourth-order valence-electron chi connectivity index (χ4n) is 8.24. The maximum atomic E-state index is 5.22. The van der Waals surface area contributed by atoms with Gasteiger partial charge in [-0.3, -0.25) is 14.1 Å². The van der Waals surface area contributed by atoms with Gasteiger partial charge >= 0.3 is 0 Å². The van der Waals surface area contributed by atoms with Gasteiger partial charge in [0.15, 0.2) is 0 Å². The standard InChI is InChI=1S/C45H25N7S/c1-2-10-26(11-3-1)33-20-23-48-45(50-33)52-36-17-7-6-14-30(36)40-27-12-4-5-13-28(27)43-41(42(40)52)32-24-31-29-15-8-22-47-44(29)51(37(31)25-38(32)53-43)39-19-18-34-35(49-39)16-9-21-46-34/h1-25H. The molecule has 12 rings (SSSR count). The molecule has 0 N–H and O–H groups in total. The van der Waals surface area contributed by atoms with Gasteiger partial charge in [-0.2, -0.15) is 0 Å². The minimum atomic E-state index is 0.646. The number of rotatable bonds is 3. The Morgan fingerprint density at radius 2 is 1.26 bits per heavy atom. The minimum Gasteiger partial charge on any atom is -0.278 e. The molecule has 0 aliphatic carbocycles. The van der Waals surface area contributed by atoms with Crippen molar-refractivity contribution in [2.45, 2.75) is 0 Å². The van der Waals surface area contributed by atoms with Crippen molar-refractivity contribution in [1.82, 2.24) is 34.1 Å². The van der Waals surface area contributed by atoms with Crippen LogP contribution >= 0.6 is 11.3 Å². The monoisotopic (exact) mass is 695 g/mol. The number of hydrogen-bond acceptors (Lipinski definition) is 6. The summed E-state index contributed by atoms with van der Waals surface area (Å²) in [5, 5.41) is 9.42. The average Bonchev–Trinajstić information content (AvgIpc) is 3.88. The molecule has 0 radical (unpaired) electrons. The van der Waals surface area contributed by atoms with E-state index < -0.39 is 0 Å². The van der Waals surface area contributed by atoms with Crippen LogP contribution in [0.2, 0.25) is 0 Å². The van der Waals surface area contributed by atoms with Crippen LogP contribution in [0.5, 0.6) is 0 Å². The lowest BCUT2D eigenvalue weighted by Crippen LogP contribution is -2.02. The van der Waals surface area contributed by atoms with Gasteiger partial charge in [-0.25, -0.2) is 19.9 Å². The number of benzene rings is 5. The molecule has 7 nitrogen and oxygen atoms in total. The molecule has 0 bridgehead atoms. The maximum Gasteiger partial charge on any atom is 0.235 e. The van der Waals surface area contributed by atoms with Gasteiger partial charge in [0.05, 0.1) is 33.3 Å². The highest BCUT2D eigenvalue weighted by molar-refractivity contribution is 7.27. The summed E-state index contributed by atoms with van der Waals surface area (Å²) in [5.74, 6) is 1.46. The Bertz CT molecular complexity index is 3470. The molecule has 8 heteroatoms. The third kappa shape index (κ3) is 4.01. The number of nitrogens with zero attached hydrogens (tertiary/aromatic N) is 7. The van der Waals surface area contributed by atoms with Gasteiger partial charge in [-0.15, -0.1) is 11.3 Å². The fourth-order valence-corrected chi connectivity index (χ4v) is 9.50. The summed E-state index contributed by atoms with van der Waals surface area (Å²) in [6, 6.07) is 46.6. The van der Waals surface area contributed by atoms with Crippen LogP contribution < -0.4 is 0 Å². The molecule has 7 aromatic heterocycles. The van der Waals surface area contributed by atoms with Crippen molar-refractivity contribution in [3.8, 4) is 23.0 Å². The van der Waals surface area contributed by atoms with Crippen molar-refractivity contribution < 1.29 is 0 Å². The molecule has 0 aliphatic rings. The highest BCUT2D eigenvalue weighted by Gasteiger charge is 2.24. The van der Waals surface area contributed by atoms with Crippen molar-refractivity contribution >= 4 is 97.1 Å². The Balaban J connectivity index is 1.25. The van der Waals surface area contributed by atoms with Gasteiger partial charge in [-0.1, -0.05) is 72.8 Å². The van der Waals surface area contributed by atoms with Gasteiger partial charge in [0.1, 0.15) is 11.5 Å². The van der Waals surface area contributed by atoms with Gasteiger partial charge in [0, 0.05) is 71.3 Å². The van der Waals surface area contributed by atoms with E-state index >= 15 is 0 Å². The summed E-state index contributed by atoms with van der Waals surface area (Å²) >= 11 is 1.83. The van der Waals surface area contributed by atoms with Crippen molar-refractivity contribution in [1.29, 1.82) is 0 Å². The summed E-state index contributed by atoms with van der Waals surface area (Å²) in [6.07, 6.45) is 5.53. The molecule has 53 heavy (non-hydrogen) atoms. The van der Waals surface area contributed by atoms with E-state index in [1.165, 1.54) is 41.7 Å². The van der Waals surface area contributed by atoms with Crippen LogP contribution in [-0.2, 0) is 0 Å². The van der Waals surface area contributed by atoms with Crippen LogP contribution in [0.3, 0.4) is 0 Å². The Morgan fingerprint density at radius 1 is 0.472 bits per heavy atom. The zero-order chi connectivity index (χ0) is 34.6. The van der Waals surface area contributed by atoms with Crippen molar-refractivity contribution in [2.24, 2.45) is 0 Å². The van der Waals surface area contributed by atoms with Crippen molar-refractivity contribution in [3.05, 3.63) is 152 Å². The molecule has 0 aliphatic heterocycles. The Hall–Kier alpha value is -7.03.